The van der Waals surface area contributed by atoms with Gasteiger partial charge < -0.3 is 38.6 Å². The zero-order valence-electron chi connectivity index (χ0n) is 69.8. The van der Waals surface area contributed by atoms with Crippen molar-refractivity contribution >= 4 is 87.1 Å². The molecule has 0 atom stereocenters. The lowest BCUT2D eigenvalue weighted by atomic mass is 9.79. The summed E-state index contributed by atoms with van der Waals surface area (Å²) in [4.78, 5) is 39.3. The third kappa shape index (κ3) is 20.4. The number of primary sulfonamides is 1. The number of hydrogen-bond acceptors (Lipinski definition) is 33. The van der Waals surface area contributed by atoms with Crippen molar-refractivity contribution in [2.75, 3.05) is 47.8 Å². The number of aromatic nitrogens is 25. The number of halogens is 6. The summed E-state index contributed by atoms with van der Waals surface area (Å²) in [5.41, 5.74) is 39.8. The molecular weight excluding hydrogens is 1760 g/mol. The van der Waals surface area contributed by atoms with E-state index >= 15 is 0 Å². The van der Waals surface area contributed by atoms with Crippen LogP contribution in [0.25, 0.3) is 101 Å². The number of imidazole rings is 2. The Morgan fingerprint density at radius 1 is 0.485 bits per heavy atom. The topological polar surface area (TPSA) is 635 Å². The first-order chi connectivity index (χ1) is 61.8. The van der Waals surface area contributed by atoms with Crippen LogP contribution in [0.3, 0.4) is 0 Å². The summed E-state index contributed by atoms with van der Waals surface area (Å²) in [6.07, 6.45) is 7.25. The molecule has 0 amide bonds. The van der Waals surface area contributed by atoms with Crippen molar-refractivity contribution in [1.82, 2.24) is 127 Å². The maximum absolute atomic E-state index is 13.4. The van der Waals surface area contributed by atoms with Crippen LogP contribution in [0.15, 0.2) is 170 Å². The molecule has 670 valence electrons. The molecule has 18 N–H and O–H groups in total. The predicted molar refractivity (Wildman–Crippen MR) is 468 cm³/mol. The number of rotatable bonds is 17. The number of nitrogens with zero attached hydrogens (tertiary/aromatic N) is 22. The van der Waals surface area contributed by atoms with Crippen molar-refractivity contribution in [2.24, 2.45) is 32.2 Å². The first kappa shape index (κ1) is 91.0. The molecule has 1 aliphatic heterocycles. The summed E-state index contributed by atoms with van der Waals surface area (Å²) in [6, 6.07) is 29.2. The number of alkyl halides is 6. The molecule has 1 fully saturated rings. The van der Waals surface area contributed by atoms with Gasteiger partial charge in [0.15, 0.2) is 49.7 Å². The number of pyridine rings is 5. The van der Waals surface area contributed by atoms with Crippen LogP contribution in [0.2, 0.25) is 0 Å². The number of tetrazole rings is 4. The molecule has 49 heteroatoms. The fourth-order valence-corrected chi connectivity index (χ4v) is 18.2. The van der Waals surface area contributed by atoms with Gasteiger partial charge >= 0.3 is 12.4 Å². The minimum Gasteiger partial charge on any atom is -0.384 e. The molecule has 5 aromatic carbocycles. The zero-order chi connectivity index (χ0) is 92.9. The van der Waals surface area contributed by atoms with E-state index in [0.29, 0.717) is 132 Å². The summed E-state index contributed by atoms with van der Waals surface area (Å²) in [5.74, 6) is 3.61. The maximum atomic E-state index is 13.4. The molecule has 18 rings (SSSR count). The monoisotopic (exact) mass is 1830 g/mol. The average Bonchev–Trinajstić information content (AvgIpc) is 1.31. The molecule has 1 saturated carbocycles. The Balaban J connectivity index is 0.000000131. The Bertz CT molecular complexity index is 7100. The summed E-state index contributed by atoms with van der Waals surface area (Å²) < 4.78 is 154. The van der Waals surface area contributed by atoms with E-state index in [4.69, 9.17) is 33.8 Å². The smallest absolute Gasteiger partial charge is 0.384 e. The van der Waals surface area contributed by atoms with Crippen LogP contribution < -0.4 is 33.8 Å². The van der Waals surface area contributed by atoms with E-state index in [0.717, 1.165) is 77.6 Å². The van der Waals surface area contributed by atoms with Crippen LogP contribution in [0, 0.1) is 39.5 Å². The SMILES string of the molecule is CC1CCC(Cc2ccc(-c3ccc(N)nc3)c(-c3nn[nH]n3)c2S(N)(=O)=O)CC1.Cc1c(C(F)(F)F)ccc(-c2ccnc3nc(N)[nH]c23)c1-c1nn[nH]n1.Cc1c(C(F)(F)F)ccc(-c2cncc3[nH]c(N)nc23)c1-c1nn[nH]n1.Cc1cc(N)ncc1Cc1cccc(S(C)(=O)=O)c1C1=NCN=N1.Cc1nc(N)ccc1Cc1cccc(S(C)(=O)=O)c1-c1nn[nH]n1. The predicted octanol–water partition coefficient (Wildman–Crippen LogP) is 11.2. The molecular formula is C81H80F6N34O6S3. The Labute approximate surface area is 734 Å². The van der Waals surface area contributed by atoms with Crippen LogP contribution in [0.1, 0.15) is 99.5 Å². The zero-order valence-corrected chi connectivity index (χ0v) is 72.3. The van der Waals surface area contributed by atoms with Gasteiger partial charge in [0.2, 0.25) is 33.3 Å². The normalized spacial score (nSPS) is 14.1. The fourth-order valence-electron chi connectivity index (χ4n) is 15.3. The van der Waals surface area contributed by atoms with E-state index < -0.39 is 53.2 Å². The first-order valence-electron chi connectivity index (χ1n) is 39.2. The van der Waals surface area contributed by atoms with Crippen LogP contribution >= 0.6 is 0 Å². The number of nitrogens with one attached hydrogen (secondary N) is 6. The second-order valence-corrected chi connectivity index (χ2v) is 35.8. The second kappa shape index (κ2) is 37.3. The van der Waals surface area contributed by atoms with Crippen molar-refractivity contribution in [1.29, 1.82) is 0 Å². The molecule has 12 heterocycles. The number of aryl methyl sites for hydroxylation is 2. The maximum Gasteiger partial charge on any atom is 0.416 e. The number of amidine groups is 1. The summed E-state index contributed by atoms with van der Waals surface area (Å²) in [7, 11) is -10.9. The Hall–Kier alpha value is -15.3. The molecule has 40 nitrogen and oxygen atoms in total. The van der Waals surface area contributed by atoms with Gasteiger partial charge in [0.05, 0.1) is 48.6 Å². The Kier molecular flexibility index (Phi) is 26.1. The van der Waals surface area contributed by atoms with Gasteiger partial charge in [-0.3, -0.25) is 4.98 Å². The number of aliphatic imine (C=N–C) groups is 1. The van der Waals surface area contributed by atoms with Gasteiger partial charge in [0.25, 0.3) is 0 Å². The van der Waals surface area contributed by atoms with Crippen molar-refractivity contribution in [3.05, 3.63) is 207 Å². The largest absolute Gasteiger partial charge is 0.416 e. The van der Waals surface area contributed by atoms with E-state index in [1.165, 1.54) is 50.8 Å². The van der Waals surface area contributed by atoms with Gasteiger partial charge in [-0.05, 0) is 208 Å². The molecule has 0 spiro atoms. The van der Waals surface area contributed by atoms with E-state index in [1.54, 1.807) is 67.0 Å². The Morgan fingerprint density at radius 2 is 1.02 bits per heavy atom. The molecule has 11 aromatic heterocycles. The number of nitrogens with two attached hydrogens (primary N) is 6. The molecule has 16 aromatic rings. The second-order valence-electron chi connectivity index (χ2n) is 30.3. The van der Waals surface area contributed by atoms with E-state index in [9.17, 15) is 51.6 Å². The van der Waals surface area contributed by atoms with Gasteiger partial charge in [-0.25, -0.2) is 60.3 Å². The quantitative estimate of drug-likeness (QED) is 0.0377. The number of aromatic amines is 6. The lowest BCUT2D eigenvalue weighted by Gasteiger charge is -2.27. The highest BCUT2D eigenvalue weighted by molar-refractivity contribution is 7.91. The number of fused-ring (bicyclic) bond motifs is 2. The van der Waals surface area contributed by atoms with E-state index in [-0.39, 0.29) is 78.8 Å². The van der Waals surface area contributed by atoms with Crippen molar-refractivity contribution in [3.63, 3.8) is 0 Å². The van der Waals surface area contributed by atoms with Crippen LogP contribution in [0.5, 0.6) is 0 Å². The highest BCUT2D eigenvalue weighted by Gasteiger charge is 2.38. The standard InChI is InChI=1S/C20H25N7O2S.C16H17N5O2S.2C15H11F3N8.C15H16N6O2S/c1-12-2-4-13(5-3-12)10-14-6-8-16(15-7-9-17(21)23-11-15)18(19(14)30(22,28)29)20-24-26-27-25-20;1-10-6-14(17)18-8-12(10)7-11-4-3-5-13(24(2,22)23)15(11)16-19-9-20-21-16;1-6-9(15(16,17)18)3-2-7(11(6)13-23-25-26-24-13)8-4-20-5-10-12(8)22-14(19)21-10;1-6-9(15(16,17)18)3-2-7(10(6)12-23-25-26-24-12)8-4-5-20-13-11(8)21-14(19)22-13;1-9-10(6-7-13(16)17-9)8-11-4-3-5-12(24(2,22)23)14(11)15-18-20-21-19-15/h6-9,11-13H,2-5,10H2,1H3,(H2,21,23)(H2,22,28,29)(H,24,25,26,27);3-6,8H,7,9H2,1-2H3,(H2,17,18);2-5H,1H3,(H3,19,21,22)(H,23,24,25,26);2-5H,1H3,(H3,19,20,21,22)(H,23,24,25,26);3-7H,8H2,1-2H3,(H2,16,17)(H,18,19,20,21). The highest BCUT2D eigenvalue weighted by Crippen LogP contribution is 2.46. The summed E-state index contributed by atoms with van der Waals surface area (Å²) >= 11 is 0. The lowest BCUT2D eigenvalue weighted by molar-refractivity contribution is -0.138. The van der Waals surface area contributed by atoms with Gasteiger partial charge in [-0.2, -0.15) is 57.3 Å². The number of sulfonamides is 1. The van der Waals surface area contributed by atoms with Gasteiger partial charge in [-0.15, -0.1) is 45.9 Å². The third-order valence-electron chi connectivity index (χ3n) is 21.4. The van der Waals surface area contributed by atoms with E-state index in [2.05, 4.69) is 149 Å². The minimum atomic E-state index is -4.51. The minimum absolute atomic E-state index is 0.00569. The highest BCUT2D eigenvalue weighted by atomic mass is 32.2. The van der Waals surface area contributed by atoms with Crippen molar-refractivity contribution in [3.8, 4) is 78.9 Å². The van der Waals surface area contributed by atoms with Crippen molar-refractivity contribution < 1.29 is 51.6 Å². The Morgan fingerprint density at radius 3 is 1.55 bits per heavy atom. The van der Waals surface area contributed by atoms with Crippen LogP contribution in [0.4, 0.5) is 55.7 Å². The molecule has 130 heavy (non-hydrogen) atoms. The first-order valence-corrected chi connectivity index (χ1v) is 44.6. The number of anilines is 5. The number of benzene rings is 5. The average molecular weight is 1840 g/mol. The fraction of sp³-hybridized carbons (Fsp3) is 0.235. The summed E-state index contributed by atoms with van der Waals surface area (Å²) in [5, 5.41) is 68.4. The molecule has 0 radical (unpaired) electrons. The number of H-pyrrole nitrogens is 6. The van der Waals surface area contributed by atoms with Gasteiger partial charge in [-0.1, -0.05) is 74.4 Å². The molecule has 2 aliphatic rings. The van der Waals surface area contributed by atoms with Gasteiger partial charge in [0, 0.05) is 81.9 Å². The van der Waals surface area contributed by atoms with Crippen LogP contribution in [-0.2, 0) is 61.3 Å². The molecule has 0 unspecified atom stereocenters. The van der Waals surface area contributed by atoms with Gasteiger partial charge in [0.1, 0.15) is 23.0 Å². The lowest BCUT2D eigenvalue weighted by Crippen LogP contribution is -2.20. The van der Waals surface area contributed by atoms with E-state index in [1.807, 2.05) is 44.2 Å². The number of nitrogen functional groups attached to an aromatic ring is 5. The number of sulfone groups is 2. The molecule has 1 aliphatic carbocycles. The van der Waals surface area contributed by atoms with Crippen LogP contribution in [-0.4, -0.2) is 178 Å². The molecule has 0 bridgehead atoms. The number of hydrogen-bond donors (Lipinski definition) is 12. The van der Waals surface area contributed by atoms with Crippen molar-refractivity contribution in [2.45, 2.75) is 107 Å². The molecule has 0 saturated heterocycles. The summed E-state index contributed by atoms with van der Waals surface area (Å²) in [6.45, 7) is 9.02. The third-order valence-corrected chi connectivity index (χ3v) is 24.7. The number of azo groups is 1.